The second kappa shape index (κ2) is 6.25. The van der Waals surface area contributed by atoms with Crippen molar-refractivity contribution < 1.29 is 9.59 Å². The van der Waals surface area contributed by atoms with Gasteiger partial charge in [0.1, 0.15) is 17.9 Å². The monoisotopic (exact) mass is 364 g/mol. The van der Waals surface area contributed by atoms with E-state index in [1.165, 1.54) is 0 Å². The number of Topliss-reactive ketones (excluding diaryl/α,β-unsaturated/α-hetero) is 1. The number of hydrogen-bond acceptors (Lipinski definition) is 4. The number of nitrogens with zero attached hydrogens (tertiary/aromatic N) is 2. The highest BCUT2D eigenvalue weighted by Crippen LogP contribution is 2.51. The van der Waals surface area contributed by atoms with Crippen LogP contribution in [0.5, 0.6) is 0 Å². The number of hydrogen-bond donors (Lipinski definition) is 0. The van der Waals surface area contributed by atoms with E-state index in [-0.39, 0.29) is 23.2 Å². The van der Waals surface area contributed by atoms with E-state index in [1.807, 2.05) is 37.3 Å². The molecule has 5 nitrogen and oxygen atoms in total. The Balaban J connectivity index is 1.94. The molecule has 1 aromatic heterocycles. The SMILES string of the molecule is C[C@@H]1C(=O)C(C=O)C[C@]2(C)c3nc(-c4ccccc4)n(C)c(=O)c3CC[C@@H]12. The maximum absolute atomic E-state index is 13.1. The maximum atomic E-state index is 13.1. The minimum absolute atomic E-state index is 0.0225. The number of ketones is 1. The van der Waals surface area contributed by atoms with Gasteiger partial charge in [-0.3, -0.25) is 14.2 Å². The van der Waals surface area contributed by atoms with E-state index in [9.17, 15) is 14.4 Å². The molecule has 0 spiro atoms. The summed E-state index contributed by atoms with van der Waals surface area (Å²) < 4.78 is 1.62. The van der Waals surface area contributed by atoms with E-state index in [1.54, 1.807) is 11.6 Å². The summed E-state index contributed by atoms with van der Waals surface area (Å²) in [7, 11) is 1.76. The molecule has 2 aliphatic rings. The first-order chi connectivity index (χ1) is 12.9. The molecule has 0 saturated heterocycles. The van der Waals surface area contributed by atoms with Crippen LogP contribution in [0.2, 0.25) is 0 Å². The summed E-state index contributed by atoms with van der Waals surface area (Å²) >= 11 is 0. The first-order valence-electron chi connectivity index (χ1n) is 9.53. The Morgan fingerprint density at radius 3 is 2.59 bits per heavy atom. The fourth-order valence-corrected chi connectivity index (χ4v) is 5.24. The highest BCUT2D eigenvalue weighted by molar-refractivity contribution is 5.96. The van der Waals surface area contributed by atoms with Crippen LogP contribution < -0.4 is 5.56 Å². The molecule has 0 radical (unpaired) electrons. The number of aldehydes is 1. The van der Waals surface area contributed by atoms with E-state index < -0.39 is 11.3 Å². The van der Waals surface area contributed by atoms with Gasteiger partial charge in [-0.05, 0) is 25.2 Å². The lowest BCUT2D eigenvalue weighted by Crippen LogP contribution is -2.52. The quantitative estimate of drug-likeness (QED) is 0.607. The van der Waals surface area contributed by atoms with Gasteiger partial charge < -0.3 is 4.79 Å². The molecule has 1 unspecified atom stereocenters. The maximum Gasteiger partial charge on any atom is 0.256 e. The van der Waals surface area contributed by atoms with Crippen molar-refractivity contribution in [3.05, 3.63) is 51.9 Å². The molecule has 140 valence electrons. The Kier molecular flexibility index (Phi) is 4.13. The molecule has 4 rings (SSSR count). The largest absolute Gasteiger partial charge is 0.303 e. The molecule has 2 aliphatic carbocycles. The molecule has 0 N–H and O–H groups in total. The average molecular weight is 364 g/mol. The van der Waals surface area contributed by atoms with Crippen molar-refractivity contribution in [3.8, 4) is 11.4 Å². The fourth-order valence-electron chi connectivity index (χ4n) is 5.24. The van der Waals surface area contributed by atoms with Crippen LogP contribution in [0.3, 0.4) is 0 Å². The average Bonchev–Trinajstić information content (AvgIpc) is 2.68. The zero-order valence-corrected chi connectivity index (χ0v) is 15.9. The Morgan fingerprint density at radius 2 is 1.93 bits per heavy atom. The van der Waals surface area contributed by atoms with Crippen LogP contribution >= 0.6 is 0 Å². The van der Waals surface area contributed by atoms with Gasteiger partial charge in [0.2, 0.25) is 0 Å². The van der Waals surface area contributed by atoms with Crippen LogP contribution in [0.25, 0.3) is 11.4 Å². The van der Waals surface area contributed by atoms with Crippen molar-refractivity contribution in [2.75, 3.05) is 0 Å². The van der Waals surface area contributed by atoms with Crippen LogP contribution in [0, 0.1) is 17.8 Å². The number of carbonyl (C=O) groups excluding carboxylic acids is 2. The Morgan fingerprint density at radius 1 is 1.22 bits per heavy atom. The van der Waals surface area contributed by atoms with Crippen molar-refractivity contribution in [2.45, 2.75) is 38.5 Å². The number of carbonyl (C=O) groups is 2. The summed E-state index contributed by atoms with van der Waals surface area (Å²) in [4.78, 5) is 42.2. The normalized spacial score (nSPS) is 29.7. The first-order valence-corrected chi connectivity index (χ1v) is 9.53. The van der Waals surface area contributed by atoms with E-state index in [4.69, 9.17) is 4.98 Å². The molecule has 0 aliphatic heterocycles. The summed E-state index contributed by atoms with van der Waals surface area (Å²) in [5, 5.41) is 0. The lowest BCUT2D eigenvalue weighted by atomic mass is 9.54. The topological polar surface area (TPSA) is 69.0 Å². The van der Waals surface area contributed by atoms with Crippen molar-refractivity contribution in [2.24, 2.45) is 24.8 Å². The lowest BCUT2D eigenvalue weighted by molar-refractivity contribution is -0.137. The predicted molar refractivity (Wildman–Crippen MR) is 102 cm³/mol. The summed E-state index contributed by atoms with van der Waals surface area (Å²) in [5.74, 6) is -0.0373. The van der Waals surface area contributed by atoms with Gasteiger partial charge in [0, 0.05) is 29.5 Å². The molecule has 1 heterocycles. The van der Waals surface area contributed by atoms with Crippen molar-refractivity contribution >= 4 is 12.1 Å². The van der Waals surface area contributed by atoms with Gasteiger partial charge in [0.05, 0.1) is 11.6 Å². The van der Waals surface area contributed by atoms with E-state index in [0.717, 1.165) is 29.5 Å². The molecule has 27 heavy (non-hydrogen) atoms. The number of rotatable bonds is 2. The Hall–Kier alpha value is -2.56. The second-order valence-electron chi connectivity index (χ2n) is 8.19. The van der Waals surface area contributed by atoms with Crippen LogP contribution in [0.15, 0.2) is 35.1 Å². The zero-order chi connectivity index (χ0) is 19.3. The van der Waals surface area contributed by atoms with Crippen LogP contribution in [-0.4, -0.2) is 21.6 Å². The molecule has 2 aromatic rings. The molecule has 1 aromatic carbocycles. The highest BCUT2D eigenvalue weighted by atomic mass is 16.1. The van der Waals surface area contributed by atoms with Gasteiger partial charge in [-0.2, -0.15) is 0 Å². The lowest BCUT2D eigenvalue weighted by Gasteiger charge is -2.49. The second-order valence-corrected chi connectivity index (χ2v) is 8.19. The summed E-state index contributed by atoms with van der Waals surface area (Å²) in [6, 6.07) is 9.67. The minimum atomic E-state index is -0.613. The third-order valence-corrected chi connectivity index (χ3v) is 6.71. The number of benzene rings is 1. The van der Waals surface area contributed by atoms with Crippen molar-refractivity contribution in [1.82, 2.24) is 9.55 Å². The standard InChI is InChI=1S/C22H24N2O3/c1-13-17-10-9-16-19(22(17,2)11-15(12-25)18(13)26)23-20(24(3)21(16)27)14-7-5-4-6-8-14/h4-8,12-13,15,17H,9-11H2,1-3H3/t13-,15?,17-,22-/m0/s1. The molecule has 1 fully saturated rings. The smallest absolute Gasteiger partial charge is 0.256 e. The molecule has 0 bridgehead atoms. The molecule has 1 saturated carbocycles. The van der Waals surface area contributed by atoms with Crippen LogP contribution in [0.1, 0.15) is 37.9 Å². The van der Waals surface area contributed by atoms with Gasteiger partial charge in [-0.1, -0.05) is 44.2 Å². The highest BCUT2D eigenvalue weighted by Gasteiger charge is 2.53. The van der Waals surface area contributed by atoms with Gasteiger partial charge >= 0.3 is 0 Å². The summed E-state index contributed by atoms with van der Waals surface area (Å²) in [6.45, 7) is 4.00. The van der Waals surface area contributed by atoms with Crippen molar-refractivity contribution in [1.29, 1.82) is 0 Å². The predicted octanol–water partition coefficient (Wildman–Crippen LogP) is 2.69. The number of fused-ring (bicyclic) bond motifs is 3. The van der Waals surface area contributed by atoms with Crippen molar-refractivity contribution in [3.63, 3.8) is 0 Å². The van der Waals surface area contributed by atoms with Gasteiger partial charge in [-0.15, -0.1) is 0 Å². The Labute approximate surface area is 158 Å². The molecule has 0 amide bonds. The van der Waals surface area contributed by atoms with Gasteiger partial charge in [-0.25, -0.2) is 4.98 Å². The summed E-state index contributed by atoms with van der Waals surface area (Å²) in [5.41, 5.74) is 1.95. The molecule has 4 atom stereocenters. The third-order valence-electron chi connectivity index (χ3n) is 6.71. The fraction of sp³-hybridized carbons (Fsp3) is 0.455. The Bertz CT molecular complexity index is 979. The number of aromatic nitrogens is 2. The minimum Gasteiger partial charge on any atom is -0.303 e. The van der Waals surface area contributed by atoms with Crippen LogP contribution in [0.4, 0.5) is 0 Å². The molecular weight excluding hydrogens is 340 g/mol. The third kappa shape index (κ3) is 2.52. The van der Waals surface area contributed by atoms with E-state index in [0.29, 0.717) is 18.7 Å². The molecule has 5 heteroatoms. The van der Waals surface area contributed by atoms with Gasteiger partial charge in [0.15, 0.2) is 0 Å². The van der Waals surface area contributed by atoms with Gasteiger partial charge in [0.25, 0.3) is 5.56 Å². The zero-order valence-electron chi connectivity index (χ0n) is 15.9. The first kappa shape index (κ1) is 17.8. The summed E-state index contributed by atoms with van der Waals surface area (Å²) in [6.07, 6.45) is 2.62. The van der Waals surface area contributed by atoms with E-state index in [2.05, 4.69) is 6.92 Å². The van der Waals surface area contributed by atoms with E-state index >= 15 is 0 Å². The molecular formula is C22H24N2O3. The van der Waals surface area contributed by atoms with Crippen LogP contribution in [-0.2, 0) is 28.5 Å².